The Morgan fingerprint density at radius 3 is 2.33 bits per heavy atom. The number of halogens is 1. The number of hydrogen-bond acceptors (Lipinski definition) is 5. The van der Waals surface area contributed by atoms with Gasteiger partial charge in [0.1, 0.15) is 11.5 Å². The van der Waals surface area contributed by atoms with Crippen molar-refractivity contribution < 1.29 is 23.8 Å². The van der Waals surface area contributed by atoms with Crippen LogP contribution in [0.1, 0.15) is 24.4 Å². The molecule has 2 unspecified atom stereocenters. The lowest BCUT2D eigenvalue weighted by molar-refractivity contribution is -0.129. The molecular formula is C24H24ClN2O5P. The van der Waals surface area contributed by atoms with Gasteiger partial charge in [-0.1, -0.05) is 41.9 Å². The van der Waals surface area contributed by atoms with Crippen LogP contribution in [0.15, 0.2) is 78.9 Å². The van der Waals surface area contributed by atoms with Gasteiger partial charge < -0.3 is 9.26 Å². The van der Waals surface area contributed by atoms with Gasteiger partial charge in [0, 0.05) is 11.1 Å². The van der Waals surface area contributed by atoms with E-state index in [1.807, 2.05) is 30.3 Å². The van der Waals surface area contributed by atoms with Crippen molar-refractivity contribution in [3.8, 4) is 11.5 Å². The predicted molar refractivity (Wildman–Crippen MR) is 126 cm³/mol. The Morgan fingerprint density at radius 2 is 1.70 bits per heavy atom. The number of rotatable bonds is 6. The van der Waals surface area contributed by atoms with Crippen molar-refractivity contribution in [1.82, 2.24) is 10.2 Å². The summed E-state index contributed by atoms with van der Waals surface area (Å²) in [6.45, 7) is 0.0112. The molecule has 172 valence electrons. The quantitative estimate of drug-likeness (QED) is 0.279. The van der Waals surface area contributed by atoms with Gasteiger partial charge in [0.2, 0.25) is 0 Å². The third kappa shape index (κ3) is 5.46. The summed E-state index contributed by atoms with van der Waals surface area (Å²) in [5.41, 5.74) is 2.58. The standard InChI is InChI=1S/C24H24ClN2O5P/c25-19-8-10-20(11-9-19)32-21-12-14-22(15-13-21)33(30)27(17-24(28)26-29)23(7-4-16-31-33)18-5-2-1-3-6-18/h1-3,5-6,8-15,23,29H,4,7,16-17H2,(H,26,28). The molecule has 0 spiro atoms. The lowest BCUT2D eigenvalue weighted by Crippen LogP contribution is -2.38. The molecule has 9 heteroatoms. The van der Waals surface area contributed by atoms with Gasteiger partial charge in [-0.2, -0.15) is 0 Å². The van der Waals surface area contributed by atoms with Gasteiger partial charge in [0.15, 0.2) is 0 Å². The van der Waals surface area contributed by atoms with E-state index in [9.17, 15) is 9.36 Å². The van der Waals surface area contributed by atoms with E-state index < -0.39 is 13.4 Å². The number of benzene rings is 3. The summed E-state index contributed by atoms with van der Waals surface area (Å²) in [6, 6.07) is 23.0. The highest BCUT2D eigenvalue weighted by molar-refractivity contribution is 7.64. The monoisotopic (exact) mass is 486 g/mol. The van der Waals surface area contributed by atoms with Crippen molar-refractivity contribution in [1.29, 1.82) is 0 Å². The first-order chi connectivity index (χ1) is 16.0. The van der Waals surface area contributed by atoms with Gasteiger partial charge >= 0.3 is 7.52 Å². The summed E-state index contributed by atoms with van der Waals surface area (Å²) >= 11 is 5.92. The number of carbonyl (C=O) groups is 1. The molecule has 0 radical (unpaired) electrons. The maximum Gasteiger partial charge on any atom is 0.303 e. The lowest BCUT2D eigenvalue weighted by Gasteiger charge is -2.34. The molecule has 2 atom stereocenters. The average molecular weight is 487 g/mol. The molecule has 33 heavy (non-hydrogen) atoms. The van der Waals surface area contributed by atoms with E-state index in [1.165, 1.54) is 0 Å². The fraction of sp³-hybridized carbons (Fsp3) is 0.208. The van der Waals surface area contributed by atoms with Crippen LogP contribution in [-0.4, -0.2) is 28.9 Å². The molecule has 3 aromatic carbocycles. The first kappa shape index (κ1) is 23.5. The van der Waals surface area contributed by atoms with Gasteiger partial charge in [-0.15, -0.1) is 0 Å². The van der Waals surface area contributed by atoms with Crippen molar-refractivity contribution in [3.63, 3.8) is 0 Å². The van der Waals surface area contributed by atoms with E-state index in [0.717, 1.165) is 5.56 Å². The van der Waals surface area contributed by atoms with Crippen LogP contribution < -0.4 is 15.5 Å². The fourth-order valence-corrected chi connectivity index (χ4v) is 6.39. The zero-order valence-electron chi connectivity index (χ0n) is 17.8. The molecular weight excluding hydrogens is 463 g/mol. The molecule has 3 aromatic rings. The van der Waals surface area contributed by atoms with E-state index in [4.69, 9.17) is 26.1 Å². The number of hydrogen-bond donors (Lipinski definition) is 2. The van der Waals surface area contributed by atoms with Gasteiger partial charge in [0.25, 0.3) is 5.91 Å². The van der Waals surface area contributed by atoms with Crippen LogP contribution in [0.2, 0.25) is 5.02 Å². The summed E-state index contributed by atoms with van der Waals surface area (Å²) in [7, 11) is -3.63. The molecule has 1 heterocycles. The maximum absolute atomic E-state index is 14.3. The second-order valence-corrected chi connectivity index (χ2v) is 10.4. The summed E-state index contributed by atoms with van der Waals surface area (Å²) in [4.78, 5) is 12.2. The zero-order chi connectivity index (χ0) is 23.3. The molecule has 1 saturated heterocycles. The maximum atomic E-state index is 14.3. The third-order valence-electron chi connectivity index (χ3n) is 5.41. The lowest BCUT2D eigenvalue weighted by atomic mass is 10.0. The zero-order valence-corrected chi connectivity index (χ0v) is 19.4. The Labute approximate surface area is 197 Å². The second kappa shape index (κ2) is 10.5. The minimum atomic E-state index is -3.63. The highest BCUT2D eigenvalue weighted by Crippen LogP contribution is 2.56. The topological polar surface area (TPSA) is 88.1 Å². The number of nitrogens with zero attached hydrogens (tertiary/aromatic N) is 1. The Hall–Kier alpha value is -2.67. The first-order valence-corrected chi connectivity index (χ1v) is 12.5. The Bertz CT molecular complexity index is 1130. The van der Waals surface area contributed by atoms with Crippen molar-refractivity contribution in [2.24, 2.45) is 0 Å². The van der Waals surface area contributed by atoms with Crippen molar-refractivity contribution in [2.75, 3.05) is 13.2 Å². The Kier molecular flexibility index (Phi) is 7.48. The number of ether oxygens (including phenoxy) is 1. The summed E-state index contributed by atoms with van der Waals surface area (Å²) in [5, 5.41) is 10.2. The number of carbonyl (C=O) groups excluding carboxylic acids is 1. The van der Waals surface area contributed by atoms with E-state index in [0.29, 0.717) is 41.3 Å². The first-order valence-electron chi connectivity index (χ1n) is 10.5. The Balaban J connectivity index is 1.66. The van der Waals surface area contributed by atoms with Crippen LogP contribution >= 0.6 is 19.1 Å². The van der Waals surface area contributed by atoms with Crippen LogP contribution in [-0.2, 0) is 13.9 Å². The summed E-state index contributed by atoms with van der Waals surface area (Å²) in [6.07, 6.45) is 1.34. The smallest absolute Gasteiger partial charge is 0.303 e. The minimum Gasteiger partial charge on any atom is -0.457 e. The molecule has 1 aliphatic heterocycles. The normalized spacial score (nSPS) is 21.2. The molecule has 0 aromatic heterocycles. The van der Waals surface area contributed by atoms with Gasteiger partial charge in [0.05, 0.1) is 18.5 Å². The molecule has 0 saturated carbocycles. The van der Waals surface area contributed by atoms with E-state index >= 15 is 0 Å². The predicted octanol–water partition coefficient (Wildman–Crippen LogP) is 5.31. The van der Waals surface area contributed by atoms with E-state index in [-0.39, 0.29) is 12.6 Å². The highest BCUT2D eigenvalue weighted by atomic mass is 35.5. The van der Waals surface area contributed by atoms with Gasteiger partial charge in [-0.3, -0.25) is 14.6 Å². The summed E-state index contributed by atoms with van der Waals surface area (Å²) < 4.78 is 27.6. The Morgan fingerprint density at radius 1 is 1.06 bits per heavy atom. The van der Waals surface area contributed by atoms with Crippen LogP contribution in [0.25, 0.3) is 0 Å². The van der Waals surface area contributed by atoms with Gasteiger partial charge in [-0.05, 0) is 66.9 Å². The largest absolute Gasteiger partial charge is 0.457 e. The third-order valence-corrected chi connectivity index (χ3v) is 8.24. The minimum absolute atomic E-state index is 0.281. The molecule has 7 nitrogen and oxygen atoms in total. The van der Waals surface area contributed by atoms with Gasteiger partial charge in [-0.25, -0.2) is 10.2 Å². The average Bonchev–Trinajstić information content (AvgIpc) is 3.01. The van der Waals surface area contributed by atoms with E-state index in [2.05, 4.69) is 0 Å². The molecule has 0 aliphatic carbocycles. The van der Waals surface area contributed by atoms with Crippen molar-refractivity contribution in [3.05, 3.63) is 89.4 Å². The van der Waals surface area contributed by atoms with Crippen molar-refractivity contribution >= 4 is 30.3 Å². The molecule has 0 bridgehead atoms. The van der Waals surface area contributed by atoms with Crippen LogP contribution in [0.5, 0.6) is 11.5 Å². The number of nitrogens with one attached hydrogen (secondary N) is 1. The second-order valence-electron chi connectivity index (χ2n) is 7.60. The SMILES string of the molecule is O=C(CN1C(c2ccccc2)CCCOP1(=O)c1ccc(Oc2ccc(Cl)cc2)cc1)NO. The molecule has 1 amide bonds. The van der Waals surface area contributed by atoms with Crippen molar-refractivity contribution in [2.45, 2.75) is 18.9 Å². The van der Waals surface area contributed by atoms with Crippen LogP contribution in [0.3, 0.4) is 0 Å². The molecule has 2 N–H and O–H groups in total. The number of amides is 1. The van der Waals surface area contributed by atoms with Crippen LogP contribution in [0.4, 0.5) is 0 Å². The molecule has 1 aliphatic rings. The summed E-state index contributed by atoms with van der Waals surface area (Å²) in [5.74, 6) is 0.515. The highest BCUT2D eigenvalue weighted by Gasteiger charge is 2.42. The fourth-order valence-electron chi connectivity index (χ4n) is 3.84. The molecule has 1 fully saturated rings. The molecule has 4 rings (SSSR count). The van der Waals surface area contributed by atoms with Crippen LogP contribution in [0, 0.1) is 0 Å². The van der Waals surface area contributed by atoms with E-state index in [1.54, 1.807) is 58.7 Å². The number of hydroxylamine groups is 1.